The van der Waals surface area contributed by atoms with Crippen LogP contribution in [0.5, 0.6) is 0 Å². The second-order valence-electron chi connectivity index (χ2n) is 3.55. The Morgan fingerprint density at radius 1 is 1.36 bits per heavy atom. The molecule has 1 atom stereocenters. The van der Waals surface area contributed by atoms with Crippen LogP contribution in [0.25, 0.3) is 0 Å². The van der Waals surface area contributed by atoms with E-state index in [0.29, 0.717) is 5.75 Å². The molecule has 1 aliphatic heterocycles. The smallest absolute Gasteiger partial charge is 0.157 e. The summed E-state index contributed by atoms with van der Waals surface area (Å²) in [6, 6.07) is 7.57. The van der Waals surface area contributed by atoms with Gasteiger partial charge in [-0.15, -0.1) is 0 Å². The third kappa shape index (κ3) is 1.86. The minimum atomic E-state index is -2.88. The lowest BCUT2D eigenvalue weighted by molar-refractivity contribution is 0.592. The molecular formula is C10H11BrO2S. The van der Waals surface area contributed by atoms with Crippen LogP contribution in [0.2, 0.25) is 0 Å². The molecule has 0 spiro atoms. The standard InChI is InChI=1S/C10H11BrO2S/c11-9-4-1-3-8(7-9)10-5-2-6-14(10,12)13/h1,3-4,7,10H,2,5-6H2. The highest BCUT2D eigenvalue weighted by Gasteiger charge is 2.32. The molecular weight excluding hydrogens is 264 g/mol. The van der Waals surface area contributed by atoms with E-state index in [1.165, 1.54) is 0 Å². The first-order valence-electron chi connectivity index (χ1n) is 4.56. The average molecular weight is 275 g/mol. The Morgan fingerprint density at radius 2 is 2.14 bits per heavy atom. The van der Waals surface area contributed by atoms with E-state index in [1.54, 1.807) is 0 Å². The van der Waals surface area contributed by atoms with Crippen LogP contribution < -0.4 is 0 Å². The molecule has 1 fully saturated rings. The van der Waals surface area contributed by atoms with Crippen molar-refractivity contribution in [1.82, 2.24) is 0 Å². The van der Waals surface area contributed by atoms with Gasteiger partial charge in [-0.2, -0.15) is 0 Å². The van der Waals surface area contributed by atoms with Gasteiger partial charge in [0.05, 0.1) is 11.0 Å². The second kappa shape index (κ2) is 3.66. The fourth-order valence-corrected chi connectivity index (χ4v) is 4.23. The number of benzene rings is 1. The number of halogens is 1. The van der Waals surface area contributed by atoms with Gasteiger partial charge < -0.3 is 0 Å². The molecule has 0 amide bonds. The van der Waals surface area contributed by atoms with Crippen LogP contribution >= 0.6 is 15.9 Å². The van der Waals surface area contributed by atoms with E-state index in [2.05, 4.69) is 15.9 Å². The SMILES string of the molecule is O=S1(=O)CCCC1c1cccc(Br)c1. The van der Waals surface area contributed by atoms with Crippen molar-refractivity contribution in [3.8, 4) is 0 Å². The summed E-state index contributed by atoms with van der Waals surface area (Å²) in [5, 5.41) is -0.278. The third-order valence-corrected chi connectivity index (χ3v) is 5.27. The number of sulfone groups is 1. The Kier molecular flexibility index (Phi) is 2.66. The molecule has 1 aromatic rings. The van der Waals surface area contributed by atoms with Crippen molar-refractivity contribution in [1.29, 1.82) is 0 Å². The highest BCUT2D eigenvalue weighted by atomic mass is 79.9. The van der Waals surface area contributed by atoms with E-state index in [9.17, 15) is 8.42 Å². The summed E-state index contributed by atoms with van der Waals surface area (Å²) in [4.78, 5) is 0. The number of rotatable bonds is 1. The van der Waals surface area contributed by atoms with E-state index < -0.39 is 9.84 Å². The maximum Gasteiger partial charge on any atom is 0.157 e. The topological polar surface area (TPSA) is 34.1 Å². The number of hydrogen-bond acceptors (Lipinski definition) is 2. The lowest BCUT2D eigenvalue weighted by atomic mass is 10.1. The normalized spacial score (nSPS) is 25.1. The van der Waals surface area contributed by atoms with E-state index in [1.807, 2.05) is 24.3 Å². The van der Waals surface area contributed by atoms with Crippen molar-refractivity contribution < 1.29 is 8.42 Å². The van der Waals surface area contributed by atoms with Gasteiger partial charge in [-0.05, 0) is 30.5 Å². The van der Waals surface area contributed by atoms with E-state index in [4.69, 9.17) is 0 Å². The maximum atomic E-state index is 11.7. The first-order chi connectivity index (χ1) is 6.59. The summed E-state index contributed by atoms with van der Waals surface area (Å²) >= 11 is 3.35. The molecule has 14 heavy (non-hydrogen) atoms. The van der Waals surface area contributed by atoms with Gasteiger partial charge in [0.1, 0.15) is 0 Å². The molecule has 76 valence electrons. The summed E-state index contributed by atoms with van der Waals surface area (Å²) in [7, 11) is -2.88. The van der Waals surface area contributed by atoms with E-state index in [0.717, 1.165) is 22.9 Å². The van der Waals surface area contributed by atoms with Gasteiger partial charge in [-0.3, -0.25) is 0 Å². The van der Waals surface area contributed by atoms with E-state index in [-0.39, 0.29) is 5.25 Å². The van der Waals surface area contributed by atoms with Crippen molar-refractivity contribution >= 4 is 25.8 Å². The molecule has 4 heteroatoms. The Labute approximate surface area is 92.4 Å². The Bertz CT molecular complexity index is 439. The summed E-state index contributed by atoms with van der Waals surface area (Å²) < 4.78 is 24.3. The molecule has 1 unspecified atom stereocenters. The molecule has 1 heterocycles. The molecule has 0 saturated carbocycles. The molecule has 0 aromatic heterocycles. The summed E-state index contributed by atoms with van der Waals surface area (Å²) in [5.74, 6) is 0.337. The molecule has 2 nitrogen and oxygen atoms in total. The largest absolute Gasteiger partial charge is 0.228 e. The predicted octanol–water partition coefficient (Wildman–Crippen LogP) is 2.70. The van der Waals surface area contributed by atoms with Gasteiger partial charge >= 0.3 is 0 Å². The maximum absolute atomic E-state index is 11.7. The van der Waals surface area contributed by atoms with Gasteiger partial charge in [-0.25, -0.2) is 8.42 Å². The van der Waals surface area contributed by atoms with Crippen LogP contribution in [-0.4, -0.2) is 14.2 Å². The minimum absolute atomic E-state index is 0.278. The van der Waals surface area contributed by atoms with Crippen LogP contribution in [0.3, 0.4) is 0 Å². The van der Waals surface area contributed by atoms with Crippen LogP contribution in [-0.2, 0) is 9.84 Å². The van der Waals surface area contributed by atoms with Crippen LogP contribution in [0.15, 0.2) is 28.7 Å². The summed E-state index contributed by atoms with van der Waals surface area (Å²) in [6.07, 6.45) is 1.55. The molecule has 0 radical (unpaired) electrons. The van der Waals surface area contributed by atoms with Gasteiger partial charge in [-0.1, -0.05) is 28.1 Å². The van der Waals surface area contributed by atoms with Crippen LogP contribution in [0.4, 0.5) is 0 Å². The van der Waals surface area contributed by atoms with Gasteiger partial charge in [0.25, 0.3) is 0 Å². The molecule has 0 N–H and O–H groups in total. The lowest BCUT2D eigenvalue weighted by Gasteiger charge is -2.09. The van der Waals surface area contributed by atoms with Crippen molar-refractivity contribution in [2.24, 2.45) is 0 Å². The highest BCUT2D eigenvalue weighted by Crippen LogP contribution is 2.35. The van der Waals surface area contributed by atoms with Crippen molar-refractivity contribution in [3.05, 3.63) is 34.3 Å². The molecule has 0 bridgehead atoms. The third-order valence-electron chi connectivity index (χ3n) is 2.55. The quantitative estimate of drug-likeness (QED) is 0.789. The summed E-state index contributed by atoms with van der Waals surface area (Å²) in [6.45, 7) is 0. The second-order valence-corrected chi connectivity index (χ2v) is 6.77. The zero-order valence-electron chi connectivity index (χ0n) is 7.61. The zero-order chi connectivity index (χ0) is 10.2. The van der Waals surface area contributed by atoms with Crippen LogP contribution in [0.1, 0.15) is 23.7 Å². The van der Waals surface area contributed by atoms with Crippen molar-refractivity contribution in [3.63, 3.8) is 0 Å². The summed E-state index contributed by atoms with van der Waals surface area (Å²) in [5.41, 5.74) is 0.914. The molecule has 1 saturated heterocycles. The molecule has 1 aromatic carbocycles. The highest BCUT2D eigenvalue weighted by molar-refractivity contribution is 9.10. The van der Waals surface area contributed by atoms with E-state index >= 15 is 0 Å². The monoisotopic (exact) mass is 274 g/mol. The van der Waals surface area contributed by atoms with Crippen LogP contribution in [0, 0.1) is 0 Å². The van der Waals surface area contributed by atoms with Gasteiger partial charge in [0.15, 0.2) is 9.84 Å². The predicted molar refractivity (Wildman–Crippen MR) is 59.9 cm³/mol. The average Bonchev–Trinajstić information content (AvgIpc) is 2.45. The lowest BCUT2D eigenvalue weighted by Crippen LogP contribution is -2.07. The first kappa shape index (κ1) is 10.2. The van der Waals surface area contributed by atoms with Gasteiger partial charge in [0.2, 0.25) is 0 Å². The molecule has 0 aliphatic carbocycles. The number of hydrogen-bond donors (Lipinski definition) is 0. The molecule has 1 aliphatic rings. The fraction of sp³-hybridized carbons (Fsp3) is 0.400. The van der Waals surface area contributed by atoms with Crippen molar-refractivity contribution in [2.45, 2.75) is 18.1 Å². The minimum Gasteiger partial charge on any atom is -0.228 e. The van der Waals surface area contributed by atoms with Crippen molar-refractivity contribution in [2.75, 3.05) is 5.75 Å². The Morgan fingerprint density at radius 3 is 2.71 bits per heavy atom. The first-order valence-corrected chi connectivity index (χ1v) is 7.07. The Balaban J connectivity index is 2.41. The molecule has 2 rings (SSSR count). The van der Waals surface area contributed by atoms with Gasteiger partial charge in [0, 0.05) is 4.47 Å². The Hall–Kier alpha value is -0.350. The fourth-order valence-electron chi connectivity index (χ4n) is 1.87. The zero-order valence-corrected chi connectivity index (χ0v) is 10.0.